The number of rotatable bonds is 1. The minimum Gasteiger partial charge on any atom is -0.485 e. The molecule has 21 heavy (non-hydrogen) atoms. The molecule has 0 saturated carbocycles. The van der Waals surface area contributed by atoms with Crippen LogP contribution in [0.3, 0.4) is 0 Å². The third kappa shape index (κ3) is 2.03. The van der Waals surface area contributed by atoms with E-state index in [0.717, 1.165) is 31.7 Å². The first-order valence-electron chi connectivity index (χ1n) is 7.76. The van der Waals surface area contributed by atoms with Crippen LogP contribution in [0, 0.1) is 0 Å². The normalized spacial score (nSPS) is 28.0. The van der Waals surface area contributed by atoms with Crippen LogP contribution in [-0.4, -0.2) is 37.7 Å². The van der Waals surface area contributed by atoms with Crippen molar-refractivity contribution in [1.82, 2.24) is 10.2 Å². The van der Waals surface area contributed by atoms with E-state index in [9.17, 15) is 0 Å². The van der Waals surface area contributed by atoms with Crippen LogP contribution in [0.4, 0.5) is 0 Å². The summed E-state index contributed by atoms with van der Waals surface area (Å²) in [4.78, 5) is 2.34. The highest BCUT2D eigenvalue weighted by molar-refractivity contribution is 5.88. The van der Waals surface area contributed by atoms with Crippen molar-refractivity contribution in [1.29, 1.82) is 0 Å². The Morgan fingerprint density at radius 2 is 2.05 bits per heavy atom. The summed E-state index contributed by atoms with van der Waals surface area (Å²) in [6.45, 7) is 2.02. The minimum atomic E-state index is -0.0234. The second-order valence-electron chi connectivity index (χ2n) is 6.59. The number of fused-ring (bicyclic) bond motifs is 3. The van der Waals surface area contributed by atoms with Gasteiger partial charge < -0.3 is 15.0 Å². The van der Waals surface area contributed by atoms with E-state index in [0.29, 0.717) is 6.04 Å². The fourth-order valence-corrected chi connectivity index (χ4v) is 3.86. The Bertz CT molecular complexity index is 674. The molecule has 2 aromatic rings. The zero-order valence-electron chi connectivity index (χ0n) is 12.7. The van der Waals surface area contributed by atoms with Gasteiger partial charge in [-0.1, -0.05) is 30.3 Å². The Morgan fingerprint density at radius 1 is 1.19 bits per heavy atom. The fraction of sp³-hybridized carbons (Fsp3) is 0.444. The van der Waals surface area contributed by atoms with Gasteiger partial charge in [-0.2, -0.15) is 0 Å². The molecular weight excluding hydrogens is 260 g/mol. The average molecular weight is 282 g/mol. The number of benzene rings is 2. The molecule has 3 nitrogen and oxygen atoms in total. The Hall–Kier alpha value is -1.58. The number of hydrogen-bond acceptors (Lipinski definition) is 3. The van der Waals surface area contributed by atoms with E-state index in [1.807, 2.05) is 0 Å². The molecule has 2 aliphatic heterocycles. The standard InChI is InChI=1S/C18H22N2O/c1-20(2)15-11-18(9-10-19-12-18)21-16-8-7-13-5-3-4-6-14(13)17(15)16/h3-8,15,19H,9-12H2,1-2H3. The summed E-state index contributed by atoms with van der Waals surface area (Å²) >= 11 is 0. The largest absolute Gasteiger partial charge is 0.485 e. The highest BCUT2D eigenvalue weighted by Gasteiger charge is 2.44. The summed E-state index contributed by atoms with van der Waals surface area (Å²) in [5.74, 6) is 1.07. The molecule has 0 bridgehead atoms. The smallest absolute Gasteiger partial charge is 0.125 e. The highest BCUT2D eigenvalue weighted by Crippen LogP contribution is 2.46. The van der Waals surface area contributed by atoms with Crippen molar-refractivity contribution in [3.63, 3.8) is 0 Å². The van der Waals surface area contributed by atoms with Crippen molar-refractivity contribution in [3.05, 3.63) is 42.0 Å². The number of hydrogen-bond donors (Lipinski definition) is 1. The van der Waals surface area contributed by atoms with E-state index in [2.05, 4.69) is 60.7 Å². The molecule has 1 fully saturated rings. The molecule has 2 atom stereocenters. The van der Waals surface area contributed by atoms with E-state index in [-0.39, 0.29) is 5.60 Å². The molecule has 3 heteroatoms. The average Bonchev–Trinajstić information content (AvgIpc) is 2.93. The van der Waals surface area contributed by atoms with Crippen LogP contribution in [0.5, 0.6) is 5.75 Å². The first-order valence-corrected chi connectivity index (χ1v) is 7.76. The van der Waals surface area contributed by atoms with Gasteiger partial charge in [-0.05, 0) is 37.5 Å². The highest BCUT2D eigenvalue weighted by atomic mass is 16.5. The van der Waals surface area contributed by atoms with Gasteiger partial charge in [0.1, 0.15) is 11.4 Å². The van der Waals surface area contributed by atoms with Gasteiger partial charge in [0.15, 0.2) is 0 Å². The number of ether oxygens (including phenoxy) is 1. The zero-order chi connectivity index (χ0) is 14.4. The molecule has 0 aliphatic carbocycles. The lowest BCUT2D eigenvalue weighted by Gasteiger charge is -2.42. The van der Waals surface area contributed by atoms with E-state index < -0.39 is 0 Å². The summed E-state index contributed by atoms with van der Waals surface area (Å²) in [7, 11) is 4.36. The molecule has 0 amide bonds. The molecule has 1 saturated heterocycles. The Morgan fingerprint density at radius 3 is 2.81 bits per heavy atom. The lowest BCUT2D eigenvalue weighted by atomic mass is 9.84. The van der Waals surface area contributed by atoms with Gasteiger partial charge in [0, 0.05) is 31.0 Å². The summed E-state index contributed by atoms with van der Waals surface area (Å²) in [6.07, 6.45) is 2.16. The van der Waals surface area contributed by atoms with Crippen molar-refractivity contribution in [2.75, 3.05) is 27.2 Å². The fourth-order valence-electron chi connectivity index (χ4n) is 3.86. The van der Waals surface area contributed by atoms with Crippen molar-refractivity contribution in [2.24, 2.45) is 0 Å². The third-order valence-electron chi connectivity index (χ3n) is 4.98. The molecule has 0 aromatic heterocycles. The zero-order valence-corrected chi connectivity index (χ0v) is 12.7. The Balaban J connectivity index is 1.91. The van der Waals surface area contributed by atoms with Crippen molar-refractivity contribution in [3.8, 4) is 5.75 Å². The lowest BCUT2D eigenvalue weighted by molar-refractivity contribution is 0.0298. The van der Waals surface area contributed by atoms with Gasteiger partial charge in [-0.3, -0.25) is 0 Å². The van der Waals surface area contributed by atoms with Crippen molar-refractivity contribution < 1.29 is 4.74 Å². The maximum Gasteiger partial charge on any atom is 0.125 e. The molecular formula is C18H22N2O. The van der Waals surface area contributed by atoms with E-state index >= 15 is 0 Å². The molecule has 2 heterocycles. The topological polar surface area (TPSA) is 24.5 Å². The SMILES string of the molecule is CN(C)C1CC2(CCNC2)Oc2ccc3ccccc3c21. The first-order chi connectivity index (χ1) is 10.2. The molecule has 1 spiro atoms. The van der Waals surface area contributed by atoms with Crippen LogP contribution < -0.4 is 10.1 Å². The van der Waals surface area contributed by atoms with Crippen LogP contribution in [-0.2, 0) is 0 Å². The van der Waals surface area contributed by atoms with E-state index in [1.54, 1.807) is 0 Å². The molecule has 4 rings (SSSR count). The van der Waals surface area contributed by atoms with Gasteiger partial charge in [-0.25, -0.2) is 0 Å². The van der Waals surface area contributed by atoms with Gasteiger partial charge in [0.05, 0.1) is 0 Å². The Labute approximate surface area is 125 Å². The second kappa shape index (κ2) is 4.72. The first kappa shape index (κ1) is 13.1. The summed E-state index contributed by atoms with van der Waals surface area (Å²) in [6, 6.07) is 13.4. The quantitative estimate of drug-likeness (QED) is 0.870. The third-order valence-corrected chi connectivity index (χ3v) is 4.98. The number of nitrogens with one attached hydrogen (secondary N) is 1. The van der Waals surface area contributed by atoms with Crippen molar-refractivity contribution >= 4 is 10.8 Å². The van der Waals surface area contributed by atoms with E-state index in [1.165, 1.54) is 16.3 Å². The predicted octanol–water partition coefficient (Wildman–Crippen LogP) is 2.96. The molecule has 1 N–H and O–H groups in total. The van der Waals surface area contributed by atoms with Gasteiger partial charge in [0.25, 0.3) is 0 Å². The number of nitrogens with zero attached hydrogens (tertiary/aromatic N) is 1. The molecule has 110 valence electrons. The second-order valence-corrected chi connectivity index (χ2v) is 6.59. The van der Waals surface area contributed by atoms with E-state index in [4.69, 9.17) is 4.74 Å². The van der Waals surface area contributed by atoms with Crippen LogP contribution >= 0.6 is 0 Å². The van der Waals surface area contributed by atoms with Crippen molar-refractivity contribution in [2.45, 2.75) is 24.5 Å². The molecule has 0 radical (unpaired) electrons. The maximum atomic E-state index is 6.48. The van der Waals surface area contributed by atoms with Gasteiger partial charge in [0.2, 0.25) is 0 Å². The summed E-state index contributed by atoms with van der Waals surface area (Å²) in [5, 5.41) is 6.09. The van der Waals surface area contributed by atoms with Crippen LogP contribution in [0.25, 0.3) is 10.8 Å². The van der Waals surface area contributed by atoms with Crippen LogP contribution in [0.2, 0.25) is 0 Å². The summed E-state index contributed by atoms with van der Waals surface area (Å²) < 4.78 is 6.48. The minimum absolute atomic E-state index is 0.0234. The van der Waals surface area contributed by atoms with Crippen LogP contribution in [0.1, 0.15) is 24.4 Å². The van der Waals surface area contributed by atoms with Gasteiger partial charge in [-0.15, -0.1) is 0 Å². The molecule has 2 aliphatic rings. The predicted molar refractivity (Wildman–Crippen MR) is 85.8 cm³/mol. The molecule has 2 unspecified atom stereocenters. The maximum absolute atomic E-state index is 6.48. The van der Waals surface area contributed by atoms with Crippen LogP contribution in [0.15, 0.2) is 36.4 Å². The molecule has 2 aromatic carbocycles. The Kier molecular flexibility index (Phi) is 2.95. The monoisotopic (exact) mass is 282 g/mol. The lowest BCUT2D eigenvalue weighted by Crippen LogP contribution is -2.45. The summed E-state index contributed by atoms with van der Waals surface area (Å²) in [5.41, 5.74) is 1.33. The van der Waals surface area contributed by atoms with Gasteiger partial charge >= 0.3 is 0 Å².